The number of anilines is 2. The van der Waals surface area contributed by atoms with Crippen molar-refractivity contribution in [3.05, 3.63) is 11.6 Å². The van der Waals surface area contributed by atoms with E-state index in [-0.39, 0.29) is 11.8 Å². The molecule has 1 aromatic carbocycles. The van der Waals surface area contributed by atoms with Crippen molar-refractivity contribution in [3.8, 4) is 11.5 Å². The van der Waals surface area contributed by atoms with Crippen molar-refractivity contribution in [2.24, 2.45) is 0 Å². The van der Waals surface area contributed by atoms with E-state index in [2.05, 4.69) is 5.32 Å². The summed E-state index contributed by atoms with van der Waals surface area (Å²) in [4.78, 5) is 25.0. The summed E-state index contributed by atoms with van der Waals surface area (Å²) in [6.07, 6.45) is 1.58. The van der Waals surface area contributed by atoms with Crippen LogP contribution in [0, 0.1) is 0 Å². The molecule has 1 heterocycles. The van der Waals surface area contributed by atoms with Crippen LogP contribution in [-0.2, 0) is 16.0 Å². The average molecular weight is 292 g/mol. The summed E-state index contributed by atoms with van der Waals surface area (Å²) in [5, 5.41) is 2.81. The third-order valence-electron chi connectivity index (χ3n) is 3.53. The van der Waals surface area contributed by atoms with Gasteiger partial charge in [0, 0.05) is 32.0 Å². The zero-order chi connectivity index (χ0) is 15.6. The predicted octanol–water partition coefficient (Wildman–Crippen LogP) is 1.96. The quantitative estimate of drug-likeness (QED) is 0.924. The molecule has 0 fully saturated rings. The number of carbonyl (C=O) groups excluding carboxylic acids is 2. The summed E-state index contributed by atoms with van der Waals surface area (Å²) in [7, 11) is 3.10. The summed E-state index contributed by atoms with van der Waals surface area (Å²) in [5.74, 6) is 0.880. The zero-order valence-electron chi connectivity index (χ0n) is 12.8. The number of methoxy groups -OCH3 is 2. The van der Waals surface area contributed by atoms with Crippen molar-refractivity contribution in [1.29, 1.82) is 0 Å². The first-order chi connectivity index (χ1) is 9.99. The number of carbonyl (C=O) groups is 2. The molecule has 1 aliphatic rings. The first kappa shape index (κ1) is 15.2. The molecule has 114 valence electrons. The number of rotatable bonds is 3. The number of benzene rings is 1. The summed E-state index contributed by atoms with van der Waals surface area (Å²) < 4.78 is 10.8. The number of ether oxygens (including phenoxy) is 2. The Hall–Kier alpha value is -2.24. The standard InChI is InChI=1S/C15H20N2O4/c1-9(18)16-14-11-6-5-7-17(10(2)19)15(11)13(21-4)8-12(14)20-3/h8H,5-7H2,1-4H3,(H,16,18). The molecule has 0 aliphatic carbocycles. The lowest BCUT2D eigenvalue weighted by molar-refractivity contribution is -0.116. The highest BCUT2D eigenvalue weighted by atomic mass is 16.5. The minimum Gasteiger partial charge on any atom is -0.494 e. The predicted molar refractivity (Wildman–Crippen MR) is 80.2 cm³/mol. The molecule has 1 aliphatic heterocycles. The minimum atomic E-state index is -0.180. The Bertz CT molecular complexity index is 584. The third kappa shape index (κ3) is 2.79. The molecule has 2 rings (SSSR count). The van der Waals surface area contributed by atoms with Crippen molar-refractivity contribution in [2.75, 3.05) is 31.0 Å². The summed E-state index contributed by atoms with van der Waals surface area (Å²) >= 11 is 0. The molecule has 0 unspecified atom stereocenters. The van der Waals surface area contributed by atoms with Crippen molar-refractivity contribution in [2.45, 2.75) is 26.7 Å². The number of nitrogens with zero attached hydrogens (tertiary/aromatic N) is 1. The molecule has 1 N–H and O–H groups in total. The number of fused-ring (bicyclic) bond motifs is 1. The van der Waals surface area contributed by atoms with Crippen molar-refractivity contribution >= 4 is 23.2 Å². The van der Waals surface area contributed by atoms with Crippen LogP contribution in [0.1, 0.15) is 25.8 Å². The Morgan fingerprint density at radius 1 is 1.19 bits per heavy atom. The number of hydrogen-bond acceptors (Lipinski definition) is 4. The Morgan fingerprint density at radius 3 is 2.38 bits per heavy atom. The van der Waals surface area contributed by atoms with E-state index in [0.29, 0.717) is 23.7 Å². The Balaban J connectivity index is 2.69. The normalized spacial score (nSPS) is 13.4. The van der Waals surface area contributed by atoms with E-state index in [1.165, 1.54) is 21.0 Å². The van der Waals surface area contributed by atoms with Gasteiger partial charge in [-0.3, -0.25) is 9.59 Å². The number of nitrogens with one attached hydrogen (secondary N) is 1. The van der Waals surface area contributed by atoms with Gasteiger partial charge in [-0.1, -0.05) is 0 Å². The van der Waals surface area contributed by atoms with E-state index < -0.39 is 0 Å². The van der Waals surface area contributed by atoms with Crippen LogP contribution in [0.4, 0.5) is 11.4 Å². The Labute approximate surface area is 124 Å². The first-order valence-corrected chi connectivity index (χ1v) is 6.83. The van der Waals surface area contributed by atoms with Gasteiger partial charge in [0.1, 0.15) is 11.5 Å². The second-order valence-electron chi connectivity index (χ2n) is 4.94. The molecule has 0 radical (unpaired) electrons. The van der Waals surface area contributed by atoms with Crippen LogP contribution in [0.15, 0.2) is 6.07 Å². The van der Waals surface area contributed by atoms with E-state index in [9.17, 15) is 9.59 Å². The Morgan fingerprint density at radius 2 is 1.86 bits per heavy atom. The van der Waals surface area contributed by atoms with Gasteiger partial charge in [0.05, 0.1) is 25.6 Å². The van der Waals surface area contributed by atoms with Crippen molar-refractivity contribution in [1.82, 2.24) is 0 Å². The lowest BCUT2D eigenvalue weighted by Crippen LogP contribution is -2.34. The molecule has 0 saturated carbocycles. The molecule has 0 spiro atoms. The van der Waals surface area contributed by atoms with Gasteiger partial charge >= 0.3 is 0 Å². The summed E-state index contributed by atoms with van der Waals surface area (Å²) in [6.45, 7) is 3.61. The van der Waals surface area contributed by atoms with Gasteiger partial charge in [0.15, 0.2) is 0 Å². The van der Waals surface area contributed by atoms with Gasteiger partial charge in [-0.15, -0.1) is 0 Å². The van der Waals surface area contributed by atoms with E-state index in [4.69, 9.17) is 9.47 Å². The SMILES string of the molecule is COc1cc(OC)c2c(c1NC(C)=O)CCCN2C(C)=O. The molecule has 0 bridgehead atoms. The van der Waals surface area contributed by atoms with Gasteiger partial charge in [-0.25, -0.2) is 0 Å². The van der Waals surface area contributed by atoms with Gasteiger partial charge in [-0.2, -0.15) is 0 Å². The topological polar surface area (TPSA) is 67.9 Å². The summed E-state index contributed by atoms with van der Waals surface area (Å²) in [5.41, 5.74) is 2.22. The molecule has 0 saturated heterocycles. The second-order valence-corrected chi connectivity index (χ2v) is 4.94. The van der Waals surface area contributed by atoms with Crippen LogP contribution in [0.2, 0.25) is 0 Å². The monoisotopic (exact) mass is 292 g/mol. The molecule has 0 atom stereocenters. The maximum absolute atomic E-state index is 11.9. The first-order valence-electron chi connectivity index (χ1n) is 6.83. The van der Waals surface area contributed by atoms with Crippen LogP contribution in [-0.4, -0.2) is 32.6 Å². The minimum absolute atomic E-state index is 0.0480. The molecule has 2 amide bonds. The molecule has 6 heteroatoms. The maximum Gasteiger partial charge on any atom is 0.223 e. The lowest BCUT2D eigenvalue weighted by atomic mass is 9.97. The fourth-order valence-electron chi connectivity index (χ4n) is 2.69. The van der Waals surface area contributed by atoms with Crippen LogP contribution >= 0.6 is 0 Å². The van der Waals surface area contributed by atoms with Crippen LogP contribution in [0.3, 0.4) is 0 Å². The van der Waals surface area contributed by atoms with Gasteiger partial charge in [-0.05, 0) is 12.8 Å². The smallest absolute Gasteiger partial charge is 0.223 e. The third-order valence-corrected chi connectivity index (χ3v) is 3.53. The molecule has 6 nitrogen and oxygen atoms in total. The van der Waals surface area contributed by atoms with Crippen LogP contribution in [0.25, 0.3) is 0 Å². The van der Waals surface area contributed by atoms with E-state index in [1.54, 1.807) is 18.1 Å². The molecule has 0 aromatic heterocycles. The van der Waals surface area contributed by atoms with Crippen molar-refractivity contribution < 1.29 is 19.1 Å². The van der Waals surface area contributed by atoms with Crippen LogP contribution in [0.5, 0.6) is 11.5 Å². The van der Waals surface area contributed by atoms with Crippen LogP contribution < -0.4 is 19.7 Å². The van der Waals surface area contributed by atoms with E-state index >= 15 is 0 Å². The highest BCUT2D eigenvalue weighted by Gasteiger charge is 2.29. The van der Waals surface area contributed by atoms with E-state index in [1.807, 2.05) is 0 Å². The fourth-order valence-corrected chi connectivity index (χ4v) is 2.69. The maximum atomic E-state index is 11.9. The molecular formula is C15H20N2O4. The fraction of sp³-hybridized carbons (Fsp3) is 0.467. The number of amides is 2. The lowest BCUT2D eigenvalue weighted by Gasteiger charge is -2.32. The second kappa shape index (κ2) is 6.03. The average Bonchev–Trinajstić information content (AvgIpc) is 2.46. The summed E-state index contributed by atoms with van der Waals surface area (Å²) in [6, 6.07) is 1.70. The van der Waals surface area contributed by atoms with Gasteiger partial charge < -0.3 is 19.7 Å². The van der Waals surface area contributed by atoms with E-state index in [0.717, 1.165) is 24.1 Å². The van der Waals surface area contributed by atoms with Gasteiger partial charge in [0.25, 0.3) is 0 Å². The highest BCUT2D eigenvalue weighted by Crippen LogP contribution is 2.45. The number of hydrogen-bond donors (Lipinski definition) is 1. The van der Waals surface area contributed by atoms with Gasteiger partial charge in [0.2, 0.25) is 11.8 Å². The molecular weight excluding hydrogens is 272 g/mol. The molecule has 1 aromatic rings. The molecule has 21 heavy (non-hydrogen) atoms. The van der Waals surface area contributed by atoms with Crippen molar-refractivity contribution in [3.63, 3.8) is 0 Å². The zero-order valence-corrected chi connectivity index (χ0v) is 12.8. The highest BCUT2D eigenvalue weighted by molar-refractivity contribution is 5.99. The Kier molecular flexibility index (Phi) is 4.35. The largest absolute Gasteiger partial charge is 0.494 e.